The normalized spacial score (nSPS) is 10.8. The molecule has 0 atom stereocenters. The highest BCUT2D eigenvalue weighted by molar-refractivity contribution is 7.98. The van der Waals surface area contributed by atoms with Crippen molar-refractivity contribution in [3.05, 3.63) is 36.2 Å². The number of thioether (sulfide) groups is 1. The summed E-state index contributed by atoms with van der Waals surface area (Å²) in [5.74, 6) is 0.319. The van der Waals surface area contributed by atoms with E-state index in [0.717, 1.165) is 4.90 Å². The highest BCUT2D eigenvalue weighted by Gasteiger charge is 1.97. The van der Waals surface area contributed by atoms with Crippen LogP contribution in [0.4, 0.5) is 4.39 Å². The van der Waals surface area contributed by atoms with E-state index in [1.54, 1.807) is 11.8 Å². The number of ether oxygens (including phenoxy) is 1. The summed E-state index contributed by atoms with van der Waals surface area (Å²) in [6.45, 7) is 0.135. The monoisotopic (exact) mass is 263 g/mol. The Bertz CT molecular complexity index is 329. The van der Waals surface area contributed by atoms with Gasteiger partial charge in [0.15, 0.2) is 0 Å². The van der Waals surface area contributed by atoms with E-state index in [9.17, 15) is 4.39 Å². The molecule has 1 aromatic carbocycles. The zero-order chi connectivity index (χ0) is 11.1. The summed E-state index contributed by atoms with van der Waals surface area (Å²) >= 11 is 1.65. The van der Waals surface area contributed by atoms with Crippen LogP contribution in [0.15, 0.2) is 41.1 Å². The molecule has 1 aromatic rings. The number of rotatable bonds is 5. The smallest absolute Gasteiger partial charge is 0.139 e. The Morgan fingerprint density at radius 2 is 2.06 bits per heavy atom. The second-order valence-corrected chi connectivity index (χ2v) is 3.73. The molecule has 0 bridgehead atoms. The Kier molecular flexibility index (Phi) is 8.07. The van der Waals surface area contributed by atoms with Crippen LogP contribution in [0.2, 0.25) is 0 Å². The number of nitrogens with two attached hydrogens (primary N) is 1. The minimum absolute atomic E-state index is 0. The van der Waals surface area contributed by atoms with E-state index in [-0.39, 0.29) is 31.4 Å². The van der Waals surface area contributed by atoms with Crippen molar-refractivity contribution in [2.45, 2.75) is 4.90 Å². The van der Waals surface area contributed by atoms with Crippen LogP contribution in [0.5, 0.6) is 5.75 Å². The lowest BCUT2D eigenvalue weighted by Crippen LogP contribution is -2.01. The standard InChI is InChI=1S/C11H14FNOS.ClH/c1-15-11-4-2-10(3-5-11)14-8-9(12)6-7-13;/h2-6H,7-8,13H2,1H3;1H. The van der Waals surface area contributed by atoms with Crippen LogP contribution in [0.1, 0.15) is 0 Å². The molecule has 1 rings (SSSR count). The third-order valence-electron chi connectivity index (χ3n) is 1.78. The van der Waals surface area contributed by atoms with E-state index in [1.165, 1.54) is 6.08 Å². The lowest BCUT2D eigenvalue weighted by molar-refractivity contribution is 0.318. The van der Waals surface area contributed by atoms with Gasteiger partial charge in [0.1, 0.15) is 18.2 Å². The highest BCUT2D eigenvalue weighted by Crippen LogP contribution is 2.19. The Balaban J connectivity index is 0.00000225. The highest BCUT2D eigenvalue weighted by atomic mass is 35.5. The lowest BCUT2D eigenvalue weighted by Gasteiger charge is -2.04. The minimum Gasteiger partial charge on any atom is -0.487 e. The van der Waals surface area contributed by atoms with Crippen molar-refractivity contribution in [3.8, 4) is 5.75 Å². The average Bonchev–Trinajstić information content (AvgIpc) is 2.27. The summed E-state index contributed by atoms with van der Waals surface area (Å²) in [5.41, 5.74) is 5.16. The number of halogens is 2. The first-order valence-corrected chi connectivity index (χ1v) is 5.80. The van der Waals surface area contributed by atoms with E-state index >= 15 is 0 Å². The molecular weight excluding hydrogens is 249 g/mol. The van der Waals surface area contributed by atoms with Gasteiger partial charge in [0.2, 0.25) is 0 Å². The van der Waals surface area contributed by atoms with Gasteiger partial charge in [-0.1, -0.05) is 0 Å². The second-order valence-electron chi connectivity index (χ2n) is 2.85. The first kappa shape index (κ1) is 15.3. The van der Waals surface area contributed by atoms with E-state index < -0.39 is 0 Å². The summed E-state index contributed by atoms with van der Waals surface area (Å²) in [5, 5.41) is 0. The van der Waals surface area contributed by atoms with E-state index in [1.807, 2.05) is 30.5 Å². The zero-order valence-corrected chi connectivity index (χ0v) is 10.6. The van der Waals surface area contributed by atoms with E-state index in [2.05, 4.69) is 0 Å². The summed E-state index contributed by atoms with van der Waals surface area (Å²) in [6.07, 6.45) is 3.30. The molecule has 16 heavy (non-hydrogen) atoms. The zero-order valence-electron chi connectivity index (χ0n) is 8.98. The van der Waals surface area contributed by atoms with Crippen molar-refractivity contribution >= 4 is 24.2 Å². The van der Waals surface area contributed by atoms with Crippen LogP contribution in [-0.4, -0.2) is 19.4 Å². The maximum atomic E-state index is 12.9. The Morgan fingerprint density at radius 1 is 1.44 bits per heavy atom. The van der Waals surface area contributed by atoms with Gasteiger partial charge in [-0.2, -0.15) is 0 Å². The maximum absolute atomic E-state index is 12.9. The van der Waals surface area contributed by atoms with Crippen LogP contribution in [0, 0.1) is 0 Å². The summed E-state index contributed by atoms with van der Waals surface area (Å²) in [7, 11) is 0. The summed E-state index contributed by atoms with van der Waals surface area (Å²) in [6, 6.07) is 7.51. The molecule has 0 spiro atoms. The molecule has 2 nitrogen and oxygen atoms in total. The number of hydrogen-bond acceptors (Lipinski definition) is 3. The molecule has 0 heterocycles. The minimum atomic E-state index is -0.341. The average molecular weight is 264 g/mol. The topological polar surface area (TPSA) is 35.2 Å². The molecule has 0 aliphatic rings. The van der Waals surface area contributed by atoms with Gasteiger partial charge in [0.05, 0.1) is 0 Å². The Hall–Kier alpha value is -0.710. The van der Waals surface area contributed by atoms with Gasteiger partial charge in [-0.05, 0) is 36.6 Å². The lowest BCUT2D eigenvalue weighted by atomic mass is 10.3. The van der Waals surface area contributed by atoms with Crippen molar-refractivity contribution in [2.75, 3.05) is 19.4 Å². The van der Waals surface area contributed by atoms with Crippen LogP contribution >= 0.6 is 24.2 Å². The predicted molar refractivity (Wildman–Crippen MR) is 69.2 cm³/mol. The molecule has 0 fully saturated rings. The van der Waals surface area contributed by atoms with Gasteiger partial charge in [-0.3, -0.25) is 0 Å². The molecule has 0 amide bonds. The Labute approximate surface area is 105 Å². The van der Waals surface area contributed by atoms with Crippen molar-refractivity contribution < 1.29 is 9.13 Å². The summed E-state index contributed by atoms with van der Waals surface area (Å²) in [4.78, 5) is 1.15. The number of benzene rings is 1. The van der Waals surface area contributed by atoms with Gasteiger partial charge < -0.3 is 10.5 Å². The van der Waals surface area contributed by atoms with Crippen molar-refractivity contribution in [1.82, 2.24) is 0 Å². The van der Waals surface area contributed by atoms with E-state index in [4.69, 9.17) is 10.5 Å². The molecule has 0 saturated carbocycles. The fourth-order valence-electron chi connectivity index (χ4n) is 1.01. The fraction of sp³-hybridized carbons (Fsp3) is 0.273. The number of hydrogen-bond donors (Lipinski definition) is 1. The third kappa shape index (κ3) is 5.39. The van der Waals surface area contributed by atoms with Crippen molar-refractivity contribution in [3.63, 3.8) is 0 Å². The molecule has 0 unspecified atom stereocenters. The summed E-state index contributed by atoms with van der Waals surface area (Å²) < 4.78 is 18.1. The van der Waals surface area contributed by atoms with Crippen LogP contribution < -0.4 is 10.5 Å². The molecule has 0 aliphatic carbocycles. The van der Waals surface area contributed by atoms with Gasteiger partial charge >= 0.3 is 0 Å². The molecule has 90 valence electrons. The third-order valence-corrected chi connectivity index (χ3v) is 2.52. The molecule has 0 aromatic heterocycles. The largest absolute Gasteiger partial charge is 0.487 e. The molecule has 0 radical (unpaired) electrons. The van der Waals surface area contributed by atoms with Crippen molar-refractivity contribution in [1.29, 1.82) is 0 Å². The molecule has 2 N–H and O–H groups in total. The fourth-order valence-corrected chi connectivity index (χ4v) is 1.42. The first-order valence-electron chi connectivity index (χ1n) is 4.57. The van der Waals surface area contributed by atoms with Crippen LogP contribution in [-0.2, 0) is 0 Å². The quantitative estimate of drug-likeness (QED) is 0.830. The molecular formula is C11H15ClFNOS. The van der Waals surface area contributed by atoms with Crippen molar-refractivity contribution in [2.24, 2.45) is 5.73 Å². The first-order chi connectivity index (χ1) is 7.26. The van der Waals surface area contributed by atoms with Gasteiger partial charge in [-0.25, -0.2) is 4.39 Å². The molecule has 0 saturated heterocycles. The van der Waals surface area contributed by atoms with Gasteiger partial charge in [0, 0.05) is 11.4 Å². The Morgan fingerprint density at radius 3 is 2.56 bits per heavy atom. The second kappa shape index (κ2) is 8.44. The van der Waals surface area contributed by atoms with Gasteiger partial charge in [-0.15, -0.1) is 24.2 Å². The molecule has 0 aliphatic heterocycles. The van der Waals surface area contributed by atoms with E-state index in [0.29, 0.717) is 5.75 Å². The van der Waals surface area contributed by atoms with Crippen LogP contribution in [0.25, 0.3) is 0 Å². The van der Waals surface area contributed by atoms with Gasteiger partial charge in [0.25, 0.3) is 0 Å². The predicted octanol–water partition coefficient (Wildman–Crippen LogP) is 3.02. The molecule has 5 heteroatoms. The maximum Gasteiger partial charge on any atom is 0.139 e. The van der Waals surface area contributed by atoms with Crippen LogP contribution in [0.3, 0.4) is 0 Å². The SMILES string of the molecule is CSc1ccc(OCC(F)=CCN)cc1.Cl.